The molecule has 0 radical (unpaired) electrons. The molecule has 0 spiro atoms. The number of aromatic nitrogens is 2. The Labute approximate surface area is 183 Å². The Morgan fingerprint density at radius 1 is 1.03 bits per heavy atom. The van der Waals surface area contributed by atoms with E-state index in [1.54, 1.807) is 0 Å². The first-order valence-corrected chi connectivity index (χ1v) is 10.8. The van der Waals surface area contributed by atoms with E-state index in [2.05, 4.69) is 56.6 Å². The third-order valence-electron chi connectivity index (χ3n) is 5.84. The second-order valence-corrected chi connectivity index (χ2v) is 8.28. The minimum atomic E-state index is -0.845. The van der Waals surface area contributed by atoms with E-state index in [9.17, 15) is 10.2 Å². The van der Waals surface area contributed by atoms with Crippen LogP contribution < -0.4 is 10.2 Å². The number of benzene rings is 2. The van der Waals surface area contributed by atoms with Crippen LogP contribution in [-0.2, 0) is 0 Å². The average Bonchev–Trinajstić information content (AvgIpc) is 3.30. The van der Waals surface area contributed by atoms with Crippen molar-refractivity contribution in [1.82, 2.24) is 20.4 Å². The van der Waals surface area contributed by atoms with Gasteiger partial charge in [0.2, 0.25) is 0 Å². The molecule has 1 fully saturated rings. The van der Waals surface area contributed by atoms with Crippen molar-refractivity contribution in [1.29, 1.82) is 0 Å². The summed E-state index contributed by atoms with van der Waals surface area (Å²) in [5.74, 6) is 0. The lowest BCUT2D eigenvalue weighted by molar-refractivity contribution is 0.109. The maximum absolute atomic E-state index is 10.4. The molecule has 2 unspecified atom stereocenters. The Kier molecular flexibility index (Phi) is 6.67. The number of rotatable bonds is 7. The van der Waals surface area contributed by atoms with E-state index < -0.39 is 6.23 Å². The quantitative estimate of drug-likeness (QED) is 0.439. The van der Waals surface area contributed by atoms with Crippen molar-refractivity contribution in [3.8, 4) is 22.5 Å². The van der Waals surface area contributed by atoms with Gasteiger partial charge in [-0.3, -0.25) is 10.4 Å². The molecule has 0 aliphatic carbocycles. The van der Waals surface area contributed by atoms with Crippen molar-refractivity contribution in [2.24, 2.45) is 0 Å². The van der Waals surface area contributed by atoms with E-state index in [0.717, 1.165) is 54.3 Å². The highest BCUT2D eigenvalue weighted by molar-refractivity contribution is 5.70. The van der Waals surface area contributed by atoms with Crippen molar-refractivity contribution < 1.29 is 10.2 Å². The van der Waals surface area contributed by atoms with Crippen LogP contribution in [0.1, 0.15) is 18.7 Å². The zero-order valence-electron chi connectivity index (χ0n) is 18.1. The van der Waals surface area contributed by atoms with Crippen LogP contribution in [0.4, 0.5) is 5.69 Å². The largest absolute Gasteiger partial charge is 0.395 e. The van der Waals surface area contributed by atoms with Crippen molar-refractivity contribution in [3.05, 3.63) is 60.2 Å². The lowest BCUT2D eigenvalue weighted by Gasteiger charge is -2.34. The van der Waals surface area contributed by atoms with Gasteiger partial charge in [0.05, 0.1) is 18.0 Å². The van der Waals surface area contributed by atoms with Gasteiger partial charge >= 0.3 is 0 Å². The molecule has 1 aromatic heterocycles. The molecule has 3 aromatic rings. The van der Waals surface area contributed by atoms with E-state index in [1.165, 1.54) is 5.69 Å². The molecule has 0 amide bonds. The first-order chi connectivity index (χ1) is 15.0. The van der Waals surface area contributed by atoms with Gasteiger partial charge in [-0.2, -0.15) is 5.10 Å². The number of aromatic amines is 1. The molecule has 2 heterocycles. The molecular weight excluding hydrogens is 390 g/mol. The van der Waals surface area contributed by atoms with Crippen LogP contribution in [0.5, 0.6) is 0 Å². The standard InChI is InChI=1S/C24H31N5O2/c1-17(16-30)25-24(31)20-5-3-4-19(14-20)23-15-22(26-27-23)18-6-8-21(9-7-18)29-12-10-28(2)11-13-29/h3-9,14-15,17,24-25,30-31H,10-13,16H2,1-2H3,(H,26,27). The summed E-state index contributed by atoms with van der Waals surface area (Å²) in [6.07, 6.45) is -0.845. The number of nitrogens with zero attached hydrogens (tertiary/aromatic N) is 3. The molecule has 4 N–H and O–H groups in total. The van der Waals surface area contributed by atoms with Crippen molar-refractivity contribution in [3.63, 3.8) is 0 Å². The van der Waals surface area contributed by atoms with Gasteiger partial charge in [0.1, 0.15) is 6.23 Å². The number of hydrogen-bond acceptors (Lipinski definition) is 6. The summed E-state index contributed by atoms with van der Waals surface area (Å²) in [4.78, 5) is 4.78. The summed E-state index contributed by atoms with van der Waals surface area (Å²) in [5.41, 5.74) is 5.78. The maximum atomic E-state index is 10.4. The molecule has 164 valence electrons. The van der Waals surface area contributed by atoms with E-state index in [-0.39, 0.29) is 12.6 Å². The molecule has 1 saturated heterocycles. The Morgan fingerprint density at radius 3 is 2.48 bits per heavy atom. The third kappa shape index (κ3) is 5.14. The molecule has 2 atom stereocenters. The highest BCUT2D eigenvalue weighted by Gasteiger charge is 2.15. The highest BCUT2D eigenvalue weighted by atomic mass is 16.3. The molecule has 0 saturated carbocycles. The zero-order valence-corrected chi connectivity index (χ0v) is 18.1. The zero-order chi connectivity index (χ0) is 21.8. The first-order valence-electron chi connectivity index (χ1n) is 10.8. The molecule has 1 aliphatic heterocycles. The molecular formula is C24H31N5O2. The maximum Gasteiger partial charge on any atom is 0.131 e. The van der Waals surface area contributed by atoms with Gasteiger partial charge in [-0.05, 0) is 49.4 Å². The molecule has 1 aliphatic rings. The second kappa shape index (κ2) is 9.62. The van der Waals surface area contributed by atoms with Gasteiger partial charge in [-0.1, -0.05) is 30.3 Å². The van der Waals surface area contributed by atoms with Crippen LogP contribution >= 0.6 is 0 Å². The second-order valence-electron chi connectivity index (χ2n) is 8.28. The molecule has 2 aromatic carbocycles. The third-order valence-corrected chi connectivity index (χ3v) is 5.84. The predicted octanol–water partition coefficient (Wildman–Crippen LogP) is 2.46. The Hall–Kier alpha value is -2.71. The van der Waals surface area contributed by atoms with Crippen LogP contribution in [-0.4, -0.2) is 71.2 Å². The molecule has 7 nitrogen and oxygen atoms in total. The Morgan fingerprint density at radius 2 is 1.77 bits per heavy atom. The van der Waals surface area contributed by atoms with Gasteiger partial charge in [0.15, 0.2) is 0 Å². The van der Waals surface area contributed by atoms with E-state index >= 15 is 0 Å². The Balaban J connectivity index is 1.48. The number of nitrogens with one attached hydrogen (secondary N) is 2. The fraction of sp³-hybridized carbons (Fsp3) is 0.375. The molecule has 31 heavy (non-hydrogen) atoms. The SMILES string of the molecule is CC(CO)NC(O)c1cccc(-c2cc(-c3ccc(N4CCN(C)CC4)cc3)[nH]n2)c1. The molecule has 7 heteroatoms. The van der Waals surface area contributed by atoms with Crippen LogP contribution in [0.3, 0.4) is 0 Å². The van der Waals surface area contributed by atoms with Gasteiger partial charge in [-0.15, -0.1) is 0 Å². The number of likely N-dealkylation sites (N-methyl/N-ethyl adjacent to an activating group) is 1. The van der Waals surface area contributed by atoms with Crippen molar-refractivity contribution >= 4 is 5.69 Å². The fourth-order valence-electron chi connectivity index (χ4n) is 3.82. The first kappa shape index (κ1) is 21.5. The monoisotopic (exact) mass is 421 g/mol. The highest BCUT2D eigenvalue weighted by Crippen LogP contribution is 2.27. The topological polar surface area (TPSA) is 87.6 Å². The lowest BCUT2D eigenvalue weighted by Crippen LogP contribution is -2.44. The van der Waals surface area contributed by atoms with Crippen LogP contribution in [0.25, 0.3) is 22.5 Å². The minimum absolute atomic E-state index is 0.0346. The summed E-state index contributed by atoms with van der Waals surface area (Å²) in [6, 6.07) is 18.1. The normalized spacial score (nSPS) is 17.0. The van der Waals surface area contributed by atoms with Crippen LogP contribution in [0, 0.1) is 0 Å². The van der Waals surface area contributed by atoms with Crippen molar-refractivity contribution in [2.45, 2.75) is 19.2 Å². The smallest absolute Gasteiger partial charge is 0.131 e. The summed E-state index contributed by atoms with van der Waals surface area (Å²) in [7, 11) is 2.17. The van der Waals surface area contributed by atoms with E-state index in [4.69, 9.17) is 0 Å². The minimum Gasteiger partial charge on any atom is -0.395 e. The van der Waals surface area contributed by atoms with Crippen LogP contribution in [0.15, 0.2) is 54.6 Å². The van der Waals surface area contributed by atoms with Crippen LogP contribution in [0.2, 0.25) is 0 Å². The fourth-order valence-corrected chi connectivity index (χ4v) is 3.82. The summed E-state index contributed by atoms with van der Waals surface area (Å²) >= 11 is 0. The van der Waals surface area contributed by atoms with Crippen molar-refractivity contribution in [2.75, 3.05) is 44.7 Å². The summed E-state index contributed by atoms with van der Waals surface area (Å²) in [5, 5.41) is 30.1. The van der Waals surface area contributed by atoms with Gasteiger partial charge in [0, 0.05) is 43.5 Å². The Bertz CT molecular complexity index is 980. The van der Waals surface area contributed by atoms with E-state index in [0.29, 0.717) is 0 Å². The number of anilines is 1. The number of piperazine rings is 1. The summed E-state index contributed by atoms with van der Waals surface area (Å²) in [6.45, 7) is 6.08. The lowest BCUT2D eigenvalue weighted by atomic mass is 10.1. The van der Waals surface area contributed by atoms with Gasteiger partial charge in [-0.25, -0.2) is 0 Å². The number of aliphatic hydroxyl groups is 2. The number of hydrogen-bond donors (Lipinski definition) is 4. The van der Waals surface area contributed by atoms with Gasteiger partial charge < -0.3 is 20.0 Å². The van der Waals surface area contributed by atoms with E-state index in [1.807, 2.05) is 37.3 Å². The van der Waals surface area contributed by atoms with Gasteiger partial charge in [0.25, 0.3) is 0 Å². The summed E-state index contributed by atoms with van der Waals surface area (Å²) < 4.78 is 0. The predicted molar refractivity (Wildman–Crippen MR) is 124 cm³/mol. The average molecular weight is 422 g/mol. The molecule has 4 rings (SSSR count). The number of aliphatic hydroxyl groups excluding tert-OH is 2. The molecule has 0 bridgehead atoms. The number of H-pyrrole nitrogens is 1.